The van der Waals surface area contributed by atoms with Crippen molar-refractivity contribution in [2.75, 3.05) is 0 Å². The molecule has 1 N–H and O–H groups in total. The molecule has 0 amide bonds. The minimum atomic E-state index is -0.989. The summed E-state index contributed by atoms with van der Waals surface area (Å²) in [6.45, 7) is 4.12. The van der Waals surface area contributed by atoms with Gasteiger partial charge in [0.1, 0.15) is 5.82 Å². The van der Waals surface area contributed by atoms with Gasteiger partial charge in [-0.1, -0.05) is 31.9 Å². The lowest BCUT2D eigenvalue weighted by Gasteiger charge is -2.41. The minimum Gasteiger partial charge on any atom is -0.385 e. The molecule has 1 fully saturated rings. The average molecular weight is 257 g/mol. The first-order valence-corrected chi connectivity index (χ1v) is 6.49. The highest BCUT2D eigenvalue weighted by molar-refractivity contribution is 6.31. The molecule has 3 atom stereocenters. The van der Waals surface area contributed by atoms with Crippen molar-refractivity contribution in [1.82, 2.24) is 0 Å². The molecule has 0 aromatic heterocycles. The molecule has 3 unspecified atom stereocenters. The van der Waals surface area contributed by atoms with Crippen molar-refractivity contribution in [3.05, 3.63) is 34.6 Å². The fraction of sp³-hybridized carbons (Fsp3) is 0.571. The van der Waals surface area contributed by atoms with Gasteiger partial charge in [-0.25, -0.2) is 4.39 Å². The molecule has 0 bridgehead atoms. The third-order valence-corrected chi connectivity index (χ3v) is 4.29. The Balaban J connectivity index is 2.45. The van der Waals surface area contributed by atoms with E-state index in [-0.39, 0.29) is 11.7 Å². The van der Waals surface area contributed by atoms with E-state index in [2.05, 4.69) is 6.92 Å². The molecule has 0 saturated heterocycles. The standard InChI is InChI=1S/C14H18ClFO/c1-9-3-4-10(2)14(17,8-9)12-7-11(16)5-6-13(12)15/h5-7,9-10,17H,3-4,8H2,1-2H3. The molecule has 1 nitrogen and oxygen atoms in total. The van der Waals surface area contributed by atoms with Crippen LogP contribution in [-0.4, -0.2) is 5.11 Å². The quantitative estimate of drug-likeness (QED) is 0.801. The van der Waals surface area contributed by atoms with E-state index in [0.717, 1.165) is 12.8 Å². The Bertz CT molecular complexity index is 421. The van der Waals surface area contributed by atoms with E-state index in [9.17, 15) is 9.50 Å². The van der Waals surface area contributed by atoms with Gasteiger partial charge in [-0.2, -0.15) is 0 Å². The van der Waals surface area contributed by atoms with Gasteiger partial charge in [0.25, 0.3) is 0 Å². The Labute approximate surface area is 107 Å². The first kappa shape index (κ1) is 12.8. The van der Waals surface area contributed by atoms with Gasteiger partial charge in [0.05, 0.1) is 5.60 Å². The molecule has 1 aromatic carbocycles. The van der Waals surface area contributed by atoms with Crippen LogP contribution in [0.1, 0.15) is 38.7 Å². The van der Waals surface area contributed by atoms with Gasteiger partial charge in [0.15, 0.2) is 0 Å². The maximum atomic E-state index is 13.3. The molecule has 0 radical (unpaired) electrons. The molecule has 1 aliphatic carbocycles. The lowest BCUT2D eigenvalue weighted by Crippen LogP contribution is -2.39. The van der Waals surface area contributed by atoms with Crippen LogP contribution in [0.4, 0.5) is 4.39 Å². The van der Waals surface area contributed by atoms with Crippen LogP contribution in [-0.2, 0) is 5.60 Å². The zero-order valence-corrected chi connectivity index (χ0v) is 11.0. The normalized spacial score (nSPS) is 33.7. The number of rotatable bonds is 1. The maximum absolute atomic E-state index is 13.3. The lowest BCUT2D eigenvalue weighted by atomic mass is 9.69. The second-order valence-corrected chi connectivity index (χ2v) is 5.74. The highest BCUT2D eigenvalue weighted by atomic mass is 35.5. The topological polar surface area (TPSA) is 20.2 Å². The smallest absolute Gasteiger partial charge is 0.123 e. The van der Waals surface area contributed by atoms with Gasteiger partial charge >= 0.3 is 0 Å². The summed E-state index contributed by atoms with van der Waals surface area (Å²) in [5.74, 6) is 0.205. The monoisotopic (exact) mass is 256 g/mol. The molecule has 94 valence electrons. The van der Waals surface area contributed by atoms with Crippen LogP contribution in [0.3, 0.4) is 0 Å². The molecular formula is C14H18ClFO. The predicted octanol–water partition coefficient (Wildman–Crippen LogP) is 4.12. The summed E-state index contributed by atoms with van der Waals surface area (Å²) in [7, 11) is 0. The third kappa shape index (κ3) is 2.34. The minimum absolute atomic E-state index is 0.109. The van der Waals surface area contributed by atoms with E-state index < -0.39 is 5.60 Å². The van der Waals surface area contributed by atoms with Crippen molar-refractivity contribution >= 4 is 11.6 Å². The summed E-state index contributed by atoms with van der Waals surface area (Å²) in [4.78, 5) is 0. The fourth-order valence-corrected chi connectivity index (χ4v) is 3.09. The Kier molecular flexibility index (Phi) is 3.46. The van der Waals surface area contributed by atoms with Crippen LogP contribution < -0.4 is 0 Å². The van der Waals surface area contributed by atoms with E-state index >= 15 is 0 Å². The zero-order valence-electron chi connectivity index (χ0n) is 10.2. The molecule has 0 heterocycles. The van der Waals surface area contributed by atoms with Gasteiger partial charge in [-0.3, -0.25) is 0 Å². The van der Waals surface area contributed by atoms with Crippen LogP contribution in [0.15, 0.2) is 18.2 Å². The Morgan fingerprint density at radius 2 is 2.06 bits per heavy atom. The fourth-order valence-electron chi connectivity index (χ4n) is 2.81. The SMILES string of the molecule is CC1CCC(C)C(O)(c2cc(F)ccc2Cl)C1. The zero-order chi connectivity index (χ0) is 12.6. The highest BCUT2D eigenvalue weighted by Crippen LogP contribution is 2.45. The van der Waals surface area contributed by atoms with Crippen LogP contribution in [0.5, 0.6) is 0 Å². The number of benzene rings is 1. The number of hydrogen-bond donors (Lipinski definition) is 1. The summed E-state index contributed by atoms with van der Waals surface area (Å²) in [5.41, 5.74) is -0.449. The van der Waals surface area contributed by atoms with Crippen molar-refractivity contribution < 1.29 is 9.50 Å². The molecule has 0 aliphatic heterocycles. The van der Waals surface area contributed by atoms with Crippen molar-refractivity contribution in [3.63, 3.8) is 0 Å². The van der Waals surface area contributed by atoms with Gasteiger partial charge in [-0.15, -0.1) is 0 Å². The lowest BCUT2D eigenvalue weighted by molar-refractivity contribution is -0.0628. The van der Waals surface area contributed by atoms with Gasteiger partial charge in [0, 0.05) is 10.6 Å². The van der Waals surface area contributed by atoms with Gasteiger partial charge < -0.3 is 5.11 Å². The second kappa shape index (κ2) is 4.58. The van der Waals surface area contributed by atoms with Crippen molar-refractivity contribution in [2.45, 2.75) is 38.7 Å². The Morgan fingerprint density at radius 3 is 2.76 bits per heavy atom. The maximum Gasteiger partial charge on any atom is 0.123 e. The summed E-state index contributed by atoms with van der Waals surface area (Å²) in [6.07, 6.45) is 2.71. The average Bonchev–Trinajstić information content (AvgIpc) is 2.27. The van der Waals surface area contributed by atoms with E-state index in [1.54, 1.807) is 0 Å². The predicted molar refractivity (Wildman–Crippen MR) is 67.5 cm³/mol. The molecule has 17 heavy (non-hydrogen) atoms. The van der Waals surface area contributed by atoms with E-state index in [4.69, 9.17) is 11.6 Å². The van der Waals surface area contributed by atoms with Crippen molar-refractivity contribution in [1.29, 1.82) is 0 Å². The van der Waals surface area contributed by atoms with E-state index in [0.29, 0.717) is 22.9 Å². The number of halogens is 2. The van der Waals surface area contributed by atoms with Crippen LogP contribution in [0.25, 0.3) is 0 Å². The van der Waals surface area contributed by atoms with Crippen LogP contribution >= 0.6 is 11.6 Å². The molecule has 1 aliphatic rings. The molecular weight excluding hydrogens is 239 g/mol. The number of aliphatic hydroxyl groups is 1. The van der Waals surface area contributed by atoms with Crippen molar-refractivity contribution in [2.24, 2.45) is 11.8 Å². The van der Waals surface area contributed by atoms with Crippen molar-refractivity contribution in [3.8, 4) is 0 Å². The second-order valence-electron chi connectivity index (χ2n) is 5.34. The van der Waals surface area contributed by atoms with Gasteiger partial charge in [0.2, 0.25) is 0 Å². The molecule has 1 aromatic rings. The Hall–Kier alpha value is -0.600. The number of hydrogen-bond acceptors (Lipinski definition) is 1. The molecule has 0 spiro atoms. The van der Waals surface area contributed by atoms with E-state index in [1.807, 2.05) is 6.92 Å². The highest BCUT2D eigenvalue weighted by Gasteiger charge is 2.41. The summed E-state index contributed by atoms with van der Waals surface area (Å²) in [6, 6.07) is 4.22. The van der Waals surface area contributed by atoms with Gasteiger partial charge in [-0.05, 0) is 42.9 Å². The summed E-state index contributed by atoms with van der Waals surface area (Å²) < 4.78 is 13.3. The largest absolute Gasteiger partial charge is 0.385 e. The molecule has 2 rings (SSSR count). The van der Waals surface area contributed by atoms with Crippen LogP contribution in [0.2, 0.25) is 5.02 Å². The van der Waals surface area contributed by atoms with E-state index in [1.165, 1.54) is 18.2 Å². The summed E-state index contributed by atoms with van der Waals surface area (Å²) in [5, 5.41) is 11.3. The molecule has 3 heteroatoms. The third-order valence-electron chi connectivity index (χ3n) is 3.96. The molecule has 1 saturated carbocycles. The van der Waals surface area contributed by atoms with Crippen LogP contribution in [0, 0.1) is 17.7 Å². The summed E-state index contributed by atoms with van der Waals surface area (Å²) >= 11 is 6.11. The first-order valence-electron chi connectivity index (χ1n) is 6.11. The Morgan fingerprint density at radius 1 is 1.35 bits per heavy atom. The first-order chi connectivity index (χ1) is 7.93.